The first kappa shape index (κ1) is 20.6. The Morgan fingerprint density at radius 3 is 2.66 bits per heavy atom. The number of amides is 2. The first-order valence-electron chi connectivity index (χ1n) is 8.28. The molecule has 2 aromatic rings. The summed E-state index contributed by atoms with van der Waals surface area (Å²) in [5.74, 6) is -1.13. The van der Waals surface area contributed by atoms with Gasteiger partial charge in [-0.2, -0.15) is 13.2 Å². The summed E-state index contributed by atoms with van der Waals surface area (Å²) in [7, 11) is 0. The number of hydrogen-bond acceptors (Lipinski definition) is 5. The lowest BCUT2D eigenvalue weighted by atomic mass is 10.1. The second-order valence-corrected chi connectivity index (χ2v) is 7.56. The van der Waals surface area contributed by atoms with E-state index in [1.54, 1.807) is 6.92 Å². The molecule has 29 heavy (non-hydrogen) atoms. The van der Waals surface area contributed by atoms with Crippen LogP contribution < -0.4 is 10.6 Å². The average molecular weight is 425 g/mol. The Labute approximate surface area is 166 Å². The molecule has 2 aromatic carbocycles. The molecule has 1 heterocycles. The predicted octanol–water partition coefficient (Wildman–Crippen LogP) is 4.36. The number of alkyl halides is 3. The Kier molecular flexibility index (Phi) is 5.51. The molecule has 0 bridgehead atoms. The molecule has 7 nitrogen and oxygen atoms in total. The summed E-state index contributed by atoms with van der Waals surface area (Å²) in [5.41, 5.74) is -0.170. The highest BCUT2D eigenvalue weighted by Gasteiger charge is 2.34. The van der Waals surface area contributed by atoms with Crippen LogP contribution in [0.5, 0.6) is 0 Å². The highest BCUT2D eigenvalue weighted by Crippen LogP contribution is 2.40. The van der Waals surface area contributed by atoms with E-state index < -0.39 is 33.7 Å². The van der Waals surface area contributed by atoms with Gasteiger partial charge < -0.3 is 10.6 Å². The fraction of sp³-hybridized carbons (Fsp3) is 0.222. The van der Waals surface area contributed by atoms with Crippen molar-refractivity contribution in [3.63, 3.8) is 0 Å². The Morgan fingerprint density at radius 2 is 2.00 bits per heavy atom. The standard InChI is InChI=1S/C18H14F3N3O4S/c1-9-2-4-11(24(27)28)7-12(9)22-16(25)8-15-17(26)23-13-6-10(18(19,20)21)3-5-14(13)29-15/h2-7,15H,8H2,1H3,(H,22,25)(H,23,26). The number of benzene rings is 2. The summed E-state index contributed by atoms with van der Waals surface area (Å²) in [6, 6.07) is 7.02. The van der Waals surface area contributed by atoms with Crippen molar-refractivity contribution >= 4 is 40.6 Å². The van der Waals surface area contributed by atoms with Gasteiger partial charge in [0.2, 0.25) is 11.8 Å². The molecular weight excluding hydrogens is 411 g/mol. The monoisotopic (exact) mass is 425 g/mol. The van der Waals surface area contributed by atoms with E-state index in [4.69, 9.17) is 0 Å². The van der Waals surface area contributed by atoms with E-state index in [0.29, 0.717) is 10.5 Å². The van der Waals surface area contributed by atoms with Gasteiger partial charge in [-0.05, 0) is 30.7 Å². The van der Waals surface area contributed by atoms with E-state index in [1.165, 1.54) is 24.3 Å². The summed E-state index contributed by atoms with van der Waals surface area (Å²) in [6.07, 6.45) is -4.78. The number of nitrogens with zero attached hydrogens (tertiary/aromatic N) is 1. The van der Waals surface area contributed by atoms with E-state index in [0.717, 1.165) is 23.9 Å². The maximum Gasteiger partial charge on any atom is 0.416 e. The van der Waals surface area contributed by atoms with E-state index >= 15 is 0 Å². The van der Waals surface area contributed by atoms with Crippen molar-refractivity contribution in [2.45, 2.75) is 29.7 Å². The Balaban J connectivity index is 1.72. The van der Waals surface area contributed by atoms with Gasteiger partial charge in [-0.3, -0.25) is 19.7 Å². The van der Waals surface area contributed by atoms with E-state index in [-0.39, 0.29) is 23.5 Å². The summed E-state index contributed by atoms with van der Waals surface area (Å²) < 4.78 is 38.4. The summed E-state index contributed by atoms with van der Waals surface area (Å²) in [6.45, 7) is 1.66. The third-order valence-corrected chi connectivity index (χ3v) is 5.48. The number of rotatable bonds is 4. The fourth-order valence-electron chi connectivity index (χ4n) is 2.69. The van der Waals surface area contributed by atoms with Gasteiger partial charge in [0, 0.05) is 23.4 Å². The minimum Gasteiger partial charge on any atom is -0.326 e. The number of fused-ring (bicyclic) bond motifs is 1. The minimum atomic E-state index is -4.53. The zero-order chi connectivity index (χ0) is 21.3. The van der Waals surface area contributed by atoms with Gasteiger partial charge in [0.25, 0.3) is 5.69 Å². The third-order valence-electron chi connectivity index (χ3n) is 4.20. The van der Waals surface area contributed by atoms with E-state index in [9.17, 15) is 32.9 Å². The number of carbonyl (C=O) groups excluding carboxylic acids is 2. The van der Waals surface area contributed by atoms with Crippen molar-refractivity contribution in [2.75, 3.05) is 10.6 Å². The lowest BCUT2D eigenvalue weighted by molar-refractivity contribution is -0.384. The second kappa shape index (κ2) is 7.74. The van der Waals surface area contributed by atoms with Crippen molar-refractivity contribution < 1.29 is 27.7 Å². The van der Waals surface area contributed by atoms with Crippen molar-refractivity contribution in [3.8, 4) is 0 Å². The molecule has 0 aliphatic carbocycles. The third kappa shape index (κ3) is 4.67. The topological polar surface area (TPSA) is 101 Å². The highest BCUT2D eigenvalue weighted by molar-refractivity contribution is 8.01. The average Bonchev–Trinajstić information content (AvgIpc) is 2.62. The molecular formula is C18H14F3N3O4S. The number of halogens is 3. The van der Waals surface area contributed by atoms with Crippen LogP contribution in [0.25, 0.3) is 0 Å². The van der Waals surface area contributed by atoms with Crippen LogP contribution in [0.1, 0.15) is 17.5 Å². The van der Waals surface area contributed by atoms with Crippen molar-refractivity contribution in [1.29, 1.82) is 0 Å². The number of aryl methyl sites for hydroxylation is 1. The number of hydrogen-bond donors (Lipinski definition) is 2. The zero-order valence-corrected chi connectivity index (χ0v) is 15.7. The van der Waals surface area contributed by atoms with Crippen LogP contribution in [-0.2, 0) is 15.8 Å². The van der Waals surface area contributed by atoms with Crippen LogP contribution in [-0.4, -0.2) is 22.0 Å². The molecule has 1 aliphatic heterocycles. The molecule has 11 heteroatoms. The van der Waals surface area contributed by atoms with Crippen LogP contribution >= 0.6 is 11.8 Å². The number of non-ortho nitro benzene ring substituents is 1. The van der Waals surface area contributed by atoms with Crippen LogP contribution in [0.3, 0.4) is 0 Å². The van der Waals surface area contributed by atoms with Gasteiger partial charge in [-0.1, -0.05) is 6.07 Å². The van der Waals surface area contributed by atoms with E-state index in [1.807, 2.05) is 0 Å². The maximum absolute atomic E-state index is 12.8. The quantitative estimate of drug-likeness (QED) is 0.560. The number of nitrogens with one attached hydrogen (secondary N) is 2. The normalized spacial score (nSPS) is 16.0. The number of nitro groups is 1. The largest absolute Gasteiger partial charge is 0.416 e. The zero-order valence-electron chi connectivity index (χ0n) is 14.9. The van der Waals surface area contributed by atoms with Gasteiger partial charge in [0.15, 0.2) is 0 Å². The molecule has 0 radical (unpaired) electrons. The Morgan fingerprint density at radius 1 is 1.28 bits per heavy atom. The Bertz CT molecular complexity index is 1010. The minimum absolute atomic E-state index is 0.0426. The van der Waals surface area contributed by atoms with Gasteiger partial charge >= 0.3 is 6.18 Å². The molecule has 1 unspecified atom stereocenters. The summed E-state index contributed by atoms with van der Waals surface area (Å²) in [5, 5.41) is 15.0. The SMILES string of the molecule is Cc1ccc([N+](=O)[O-])cc1NC(=O)CC1Sc2ccc(C(F)(F)F)cc2NC1=O. The molecule has 0 saturated heterocycles. The lowest BCUT2D eigenvalue weighted by Gasteiger charge is -2.24. The first-order chi connectivity index (χ1) is 13.5. The van der Waals surface area contributed by atoms with Crippen LogP contribution in [0.4, 0.5) is 30.2 Å². The molecule has 0 fully saturated rings. The maximum atomic E-state index is 12.8. The molecule has 0 saturated carbocycles. The van der Waals surface area contributed by atoms with E-state index in [2.05, 4.69) is 10.6 Å². The van der Waals surface area contributed by atoms with Crippen LogP contribution in [0, 0.1) is 17.0 Å². The highest BCUT2D eigenvalue weighted by atomic mass is 32.2. The molecule has 0 aromatic heterocycles. The van der Waals surface area contributed by atoms with Crippen LogP contribution in [0.2, 0.25) is 0 Å². The Hall–Kier alpha value is -3.08. The molecule has 0 spiro atoms. The van der Waals surface area contributed by atoms with Gasteiger partial charge in [-0.25, -0.2) is 0 Å². The second-order valence-electron chi connectivity index (χ2n) is 6.31. The van der Waals surface area contributed by atoms with Crippen LogP contribution in [0.15, 0.2) is 41.3 Å². The van der Waals surface area contributed by atoms with Crippen molar-refractivity contribution in [2.24, 2.45) is 0 Å². The summed E-state index contributed by atoms with van der Waals surface area (Å²) >= 11 is 0.987. The number of anilines is 2. The van der Waals surface area contributed by atoms with Gasteiger partial charge in [0.1, 0.15) is 0 Å². The molecule has 152 valence electrons. The molecule has 1 atom stereocenters. The molecule has 2 N–H and O–H groups in total. The van der Waals surface area contributed by atoms with Crippen molar-refractivity contribution in [1.82, 2.24) is 0 Å². The summed E-state index contributed by atoms with van der Waals surface area (Å²) in [4.78, 5) is 35.3. The number of nitro benzene ring substituents is 1. The number of carbonyl (C=O) groups is 2. The van der Waals surface area contributed by atoms with Crippen molar-refractivity contribution in [3.05, 3.63) is 57.6 Å². The first-order valence-corrected chi connectivity index (χ1v) is 9.16. The fourth-order valence-corrected chi connectivity index (χ4v) is 3.78. The molecule has 1 aliphatic rings. The van der Waals surface area contributed by atoms with Gasteiger partial charge in [0.05, 0.1) is 27.1 Å². The molecule has 3 rings (SSSR count). The smallest absolute Gasteiger partial charge is 0.326 e. The predicted molar refractivity (Wildman–Crippen MR) is 101 cm³/mol. The number of thioether (sulfide) groups is 1. The molecule has 2 amide bonds. The van der Waals surface area contributed by atoms with Gasteiger partial charge in [-0.15, -0.1) is 11.8 Å². The lowest BCUT2D eigenvalue weighted by Crippen LogP contribution is -2.32.